The summed E-state index contributed by atoms with van der Waals surface area (Å²) in [6.45, 7) is 0. The van der Waals surface area contributed by atoms with E-state index in [0.29, 0.717) is 18.4 Å². The fraction of sp³-hybridized carbons (Fsp3) is 0.229. The highest BCUT2D eigenvalue weighted by atomic mass is 16.4. The molecule has 0 bridgehead atoms. The summed E-state index contributed by atoms with van der Waals surface area (Å²) in [6, 6.07) is 36.6. The van der Waals surface area contributed by atoms with Gasteiger partial charge in [0.2, 0.25) is 0 Å². The number of rotatable bonds is 5. The Bertz CT molecular complexity index is 1480. The van der Waals surface area contributed by atoms with Crippen molar-refractivity contribution in [2.75, 3.05) is 0 Å². The second-order valence-electron chi connectivity index (χ2n) is 10.9. The molecule has 0 saturated heterocycles. The Morgan fingerprint density at radius 2 is 1.53 bits per heavy atom. The van der Waals surface area contributed by atoms with Crippen molar-refractivity contribution in [2.24, 2.45) is 5.92 Å². The monoisotopic (exact) mass is 500 g/mol. The van der Waals surface area contributed by atoms with Gasteiger partial charge < -0.3 is 10.2 Å². The molecule has 0 spiro atoms. The second-order valence-corrected chi connectivity index (χ2v) is 10.9. The quantitative estimate of drug-likeness (QED) is 0.305. The average Bonchev–Trinajstić information content (AvgIpc) is 2.95. The molecule has 0 amide bonds. The lowest BCUT2D eigenvalue weighted by Gasteiger charge is -2.55. The van der Waals surface area contributed by atoms with Gasteiger partial charge in [-0.2, -0.15) is 0 Å². The van der Waals surface area contributed by atoms with Crippen LogP contribution >= 0.6 is 0 Å². The number of aliphatic hydroxyl groups is 1. The van der Waals surface area contributed by atoms with Crippen molar-refractivity contribution in [3.63, 3.8) is 0 Å². The van der Waals surface area contributed by atoms with Gasteiger partial charge in [-0.25, -0.2) is 4.79 Å². The zero-order valence-electron chi connectivity index (χ0n) is 21.4. The van der Waals surface area contributed by atoms with Crippen molar-refractivity contribution in [3.8, 4) is 0 Å². The van der Waals surface area contributed by atoms with Crippen LogP contribution in [0, 0.1) is 5.92 Å². The molecule has 2 aliphatic carbocycles. The van der Waals surface area contributed by atoms with Crippen LogP contribution < -0.4 is 0 Å². The summed E-state index contributed by atoms with van der Waals surface area (Å²) < 4.78 is 0. The zero-order chi connectivity index (χ0) is 26.2. The van der Waals surface area contributed by atoms with Crippen LogP contribution in [0.25, 0.3) is 6.08 Å². The van der Waals surface area contributed by atoms with Gasteiger partial charge in [-0.3, -0.25) is 0 Å². The Morgan fingerprint density at radius 3 is 2.21 bits per heavy atom. The molecule has 3 heteroatoms. The van der Waals surface area contributed by atoms with Crippen molar-refractivity contribution in [1.29, 1.82) is 0 Å². The number of carboxylic acids is 1. The van der Waals surface area contributed by atoms with Crippen LogP contribution in [-0.4, -0.2) is 16.2 Å². The number of hydrogen-bond acceptors (Lipinski definition) is 2. The number of carboxylic acid groups (broad SMARTS) is 1. The number of benzene rings is 4. The van der Waals surface area contributed by atoms with Crippen LogP contribution in [0.15, 0.2) is 115 Å². The first-order chi connectivity index (χ1) is 18.5. The van der Waals surface area contributed by atoms with Crippen LogP contribution in [0.5, 0.6) is 0 Å². The first-order valence-corrected chi connectivity index (χ1v) is 13.4. The fourth-order valence-electron chi connectivity index (χ4n) is 6.96. The lowest BCUT2D eigenvalue weighted by atomic mass is 9.50. The third-order valence-corrected chi connectivity index (χ3v) is 8.77. The minimum Gasteiger partial charge on any atom is -0.478 e. The van der Waals surface area contributed by atoms with Gasteiger partial charge in [0.1, 0.15) is 5.60 Å². The summed E-state index contributed by atoms with van der Waals surface area (Å²) in [5.41, 5.74) is 5.67. The van der Waals surface area contributed by atoms with E-state index in [1.165, 1.54) is 11.1 Å². The molecular formula is C35H32O3. The van der Waals surface area contributed by atoms with Crippen molar-refractivity contribution >= 4 is 12.0 Å². The SMILES string of the molecule is O=C(O)c1ccc2c(c1)CCC1CC(O)(c3ccccc3)C(=Cc3ccccc3)CC21Cc1ccccc1. The van der Waals surface area contributed by atoms with E-state index in [0.717, 1.165) is 41.5 Å². The maximum Gasteiger partial charge on any atom is 0.335 e. The first kappa shape index (κ1) is 24.4. The van der Waals surface area contributed by atoms with E-state index in [4.69, 9.17) is 0 Å². The Kier molecular flexibility index (Phi) is 6.25. The van der Waals surface area contributed by atoms with Crippen LogP contribution in [0.1, 0.15) is 57.4 Å². The highest BCUT2D eigenvalue weighted by Crippen LogP contribution is 2.58. The summed E-state index contributed by atoms with van der Waals surface area (Å²) in [7, 11) is 0. The lowest BCUT2D eigenvalue weighted by molar-refractivity contribution is -0.00754. The molecule has 3 atom stereocenters. The molecule has 2 aliphatic rings. The number of carbonyl (C=O) groups is 1. The Morgan fingerprint density at radius 1 is 0.868 bits per heavy atom. The Hall–Kier alpha value is -3.95. The highest BCUT2D eigenvalue weighted by Gasteiger charge is 2.54. The van der Waals surface area contributed by atoms with E-state index >= 15 is 0 Å². The van der Waals surface area contributed by atoms with Gasteiger partial charge in [-0.15, -0.1) is 0 Å². The molecule has 6 rings (SSSR count). The van der Waals surface area contributed by atoms with Gasteiger partial charge in [0.25, 0.3) is 0 Å². The molecule has 4 aromatic carbocycles. The van der Waals surface area contributed by atoms with Crippen molar-refractivity contribution in [1.82, 2.24) is 0 Å². The normalized spacial score (nSPS) is 25.4. The molecular weight excluding hydrogens is 468 g/mol. The Labute approximate surface area is 224 Å². The second kappa shape index (κ2) is 9.74. The van der Waals surface area contributed by atoms with Crippen molar-refractivity contribution < 1.29 is 15.0 Å². The van der Waals surface area contributed by atoms with Gasteiger partial charge >= 0.3 is 5.97 Å². The molecule has 0 aromatic heterocycles. The minimum atomic E-state index is -1.07. The van der Waals surface area contributed by atoms with Gasteiger partial charge in [0.15, 0.2) is 0 Å². The summed E-state index contributed by atoms with van der Waals surface area (Å²) in [5, 5.41) is 22.2. The molecule has 190 valence electrons. The first-order valence-electron chi connectivity index (χ1n) is 13.4. The third kappa shape index (κ3) is 4.27. The molecule has 38 heavy (non-hydrogen) atoms. The third-order valence-electron chi connectivity index (χ3n) is 8.77. The summed E-state index contributed by atoms with van der Waals surface area (Å²) in [4.78, 5) is 11.8. The molecule has 2 N–H and O–H groups in total. The number of aromatic carboxylic acids is 1. The maximum atomic E-state index is 12.5. The summed E-state index contributed by atoms with van der Waals surface area (Å²) in [5.74, 6) is -0.650. The van der Waals surface area contributed by atoms with Crippen molar-refractivity contribution in [2.45, 2.75) is 43.1 Å². The Balaban J connectivity index is 1.55. The van der Waals surface area contributed by atoms with E-state index in [2.05, 4.69) is 48.5 Å². The molecule has 0 heterocycles. The standard InChI is InChI=1S/C35H32O3/c36-33(37)28-17-19-32-27(21-28)16-18-30-24-35(38,29-14-8-3-9-15-29)31(20-25-10-4-1-5-11-25)23-34(30,32)22-26-12-6-2-7-13-26/h1-15,17,19-21,30,38H,16,18,22-24H2,(H,36,37). The van der Waals surface area contributed by atoms with Gasteiger partial charge in [0.05, 0.1) is 5.56 Å². The van der Waals surface area contributed by atoms with Crippen LogP contribution in [-0.2, 0) is 23.9 Å². The van der Waals surface area contributed by atoms with E-state index in [1.807, 2.05) is 60.7 Å². The minimum absolute atomic E-state index is 0.240. The highest BCUT2D eigenvalue weighted by molar-refractivity contribution is 5.88. The number of aryl methyl sites for hydroxylation is 1. The van der Waals surface area contributed by atoms with Crippen LogP contribution in [0.2, 0.25) is 0 Å². The van der Waals surface area contributed by atoms with E-state index in [9.17, 15) is 15.0 Å². The molecule has 3 nitrogen and oxygen atoms in total. The maximum absolute atomic E-state index is 12.5. The number of hydrogen-bond donors (Lipinski definition) is 2. The smallest absolute Gasteiger partial charge is 0.335 e. The van der Waals surface area contributed by atoms with E-state index in [-0.39, 0.29) is 11.3 Å². The van der Waals surface area contributed by atoms with Crippen LogP contribution in [0.4, 0.5) is 0 Å². The van der Waals surface area contributed by atoms with Gasteiger partial charge in [-0.05, 0) is 83.5 Å². The molecule has 1 fully saturated rings. The molecule has 4 aromatic rings. The molecule has 0 aliphatic heterocycles. The summed E-state index contributed by atoms with van der Waals surface area (Å²) >= 11 is 0. The molecule has 1 saturated carbocycles. The topological polar surface area (TPSA) is 57.5 Å². The van der Waals surface area contributed by atoms with Crippen molar-refractivity contribution in [3.05, 3.63) is 148 Å². The van der Waals surface area contributed by atoms with Gasteiger partial charge in [-0.1, -0.05) is 103 Å². The largest absolute Gasteiger partial charge is 0.478 e. The predicted molar refractivity (Wildman–Crippen MR) is 151 cm³/mol. The predicted octanol–water partition coefficient (Wildman–Crippen LogP) is 7.19. The molecule has 0 radical (unpaired) electrons. The van der Waals surface area contributed by atoms with Gasteiger partial charge in [0, 0.05) is 5.41 Å². The zero-order valence-corrected chi connectivity index (χ0v) is 21.4. The number of fused-ring (bicyclic) bond motifs is 3. The molecule has 3 unspecified atom stereocenters. The summed E-state index contributed by atoms with van der Waals surface area (Å²) in [6.07, 6.45) is 6.08. The fourth-order valence-corrected chi connectivity index (χ4v) is 6.96. The van der Waals surface area contributed by atoms with E-state index in [1.54, 1.807) is 6.07 Å². The van der Waals surface area contributed by atoms with E-state index < -0.39 is 11.6 Å². The average molecular weight is 501 g/mol. The lowest BCUT2D eigenvalue weighted by Crippen LogP contribution is -2.51. The van der Waals surface area contributed by atoms with Crippen LogP contribution in [0.3, 0.4) is 0 Å².